The standard InChI is InChI=1S/C22H24N2O2/c1-2-25-22-10-6-7-19(17-22)24-16-15-23-18-11-13-21(14-12-18)26-20-8-4-3-5-9-20/h3-14,17,23-24H,2,15-16H2,1H3. The Hall–Kier alpha value is -3.14. The number of anilines is 2. The average Bonchev–Trinajstić information content (AvgIpc) is 2.68. The van der Waals surface area contributed by atoms with Crippen molar-refractivity contribution in [2.24, 2.45) is 0 Å². The number of ether oxygens (including phenoxy) is 2. The number of para-hydroxylation sites is 1. The molecule has 26 heavy (non-hydrogen) atoms. The number of benzene rings is 3. The monoisotopic (exact) mass is 348 g/mol. The SMILES string of the molecule is CCOc1cccc(NCCNc2ccc(Oc3ccccc3)cc2)c1. The van der Waals surface area contributed by atoms with Crippen LogP contribution in [0.4, 0.5) is 11.4 Å². The Balaban J connectivity index is 1.43. The largest absolute Gasteiger partial charge is 0.494 e. The van der Waals surface area contributed by atoms with E-state index >= 15 is 0 Å². The Labute approximate surface area is 154 Å². The van der Waals surface area contributed by atoms with Crippen molar-refractivity contribution in [3.8, 4) is 17.2 Å². The van der Waals surface area contributed by atoms with Gasteiger partial charge in [-0.3, -0.25) is 0 Å². The predicted molar refractivity (Wildman–Crippen MR) is 108 cm³/mol. The third-order valence-electron chi connectivity index (χ3n) is 3.76. The number of rotatable bonds is 9. The molecule has 4 heteroatoms. The van der Waals surface area contributed by atoms with Gasteiger partial charge in [0, 0.05) is 30.5 Å². The quantitative estimate of drug-likeness (QED) is 0.508. The summed E-state index contributed by atoms with van der Waals surface area (Å²) in [5.74, 6) is 2.55. The third kappa shape index (κ3) is 5.45. The number of hydrogen-bond acceptors (Lipinski definition) is 4. The second-order valence-electron chi connectivity index (χ2n) is 5.75. The van der Waals surface area contributed by atoms with Gasteiger partial charge in [0.15, 0.2) is 0 Å². The van der Waals surface area contributed by atoms with Crippen molar-refractivity contribution >= 4 is 11.4 Å². The van der Waals surface area contributed by atoms with Crippen molar-refractivity contribution in [3.05, 3.63) is 78.9 Å². The summed E-state index contributed by atoms with van der Waals surface area (Å²) in [6.45, 7) is 4.30. The van der Waals surface area contributed by atoms with Crippen LogP contribution in [0.25, 0.3) is 0 Å². The first kappa shape index (κ1) is 17.7. The van der Waals surface area contributed by atoms with Crippen molar-refractivity contribution in [2.75, 3.05) is 30.3 Å². The molecule has 0 heterocycles. The highest BCUT2D eigenvalue weighted by Gasteiger charge is 1.98. The summed E-state index contributed by atoms with van der Waals surface area (Å²) in [5, 5.41) is 6.79. The molecule has 134 valence electrons. The molecule has 3 aromatic rings. The zero-order valence-corrected chi connectivity index (χ0v) is 14.9. The molecule has 0 bridgehead atoms. The van der Waals surface area contributed by atoms with Gasteiger partial charge in [0.2, 0.25) is 0 Å². The fourth-order valence-electron chi connectivity index (χ4n) is 2.54. The van der Waals surface area contributed by atoms with Crippen LogP contribution in [-0.4, -0.2) is 19.7 Å². The summed E-state index contributed by atoms with van der Waals surface area (Å²) in [5.41, 5.74) is 2.12. The van der Waals surface area contributed by atoms with Crippen LogP contribution in [-0.2, 0) is 0 Å². The minimum absolute atomic E-state index is 0.676. The van der Waals surface area contributed by atoms with Crippen molar-refractivity contribution < 1.29 is 9.47 Å². The summed E-state index contributed by atoms with van der Waals surface area (Å²) in [4.78, 5) is 0. The van der Waals surface area contributed by atoms with E-state index in [-0.39, 0.29) is 0 Å². The Morgan fingerprint density at radius 3 is 2.04 bits per heavy atom. The van der Waals surface area contributed by atoms with Gasteiger partial charge in [-0.25, -0.2) is 0 Å². The first-order chi connectivity index (χ1) is 12.8. The molecule has 3 rings (SSSR count). The Kier molecular flexibility index (Phi) is 6.37. The first-order valence-corrected chi connectivity index (χ1v) is 8.87. The molecule has 0 aliphatic carbocycles. The summed E-state index contributed by atoms with van der Waals surface area (Å²) in [7, 11) is 0. The van der Waals surface area contributed by atoms with E-state index < -0.39 is 0 Å². The van der Waals surface area contributed by atoms with Crippen molar-refractivity contribution in [2.45, 2.75) is 6.92 Å². The van der Waals surface area contributed by atoms with E-state index in [4.69, 9.17) is 9.47 Å². The summed E-state index contributed by atoms with van der Waals surface area (Å²) >= 11 is 0. The molecule has 0 saturated carbocycles. The van der Waals surface area contributed by atoms with E-state index in [1.165, 1.54) is 0 Å². The van der Waals surface area contributed by atoms with Crippen LogP contribution < -0.4 is 20.1 Å². The maximum Gasteiger partial charge on any atom is 0.127 e. The smallest absolute Gasteiger partial charge is 0.127 e. The summed E-state index contributed by atoms with van der Waals surface area (Å²) < 4.78 is 11.3. The van der Waals surface area contributed by atoms with Crippen molar-refractivity contribution in [1.29, 1.82) is 0 Å². The van der Waals surface area contributed by atoms with Crippen LogP contribution in [0, 0.1) is 0 Å². The van der Waals surface area contributed by atoms with Crippen LogP contribution in [0.1, 0.15) is 6.92 Å². The first-order valence-electron chi connectivity index (χ1n) is 8.87. The molecular weight excluding hydrogens is 324 g/mol. The minimum atomic E-state index is 0.676. The third-order valence-corrected chi connectivity index (χ3v) is 3.76. The molecule has 0 unspecified atom stereocenters. The zero-order valence-electron chi connectivity index (χ0n) is 14.9. The van der Waals surface area contributed by atoms with Gasteiger partial charge in [0.1, 0.15) is 17.2 Å². The average molecular weight is 348 g/mol. The van der Waals surface area contributed by atoms with E-state index in [1.807, 2.05) is 85.8 Å². The maximum atomic E-state index is 5.80. The van der Waals surface area contributed by atoms with Gasteiger partial charge in [-0.05, 0) is 55.5 Å². The molecule has 0 radical (unpaired) electrons. The highest BCUT2D eigenvalue weighted by Crippen LogP contribution is 2.22. The van der Waals surface area contributed by atoms with Crippen molar-refractivity contribution in [1.82, 2.24) is 0 Å². The Bertz CT molecular complexity index is 789. The van der Waals surface area contributed by atoms with E-state index in [0.29, 0.717) is 6.61 Å². The molecule has 4 nitrogen and oxygen atoms in total. The number of hydrogen-bond donors (Lipinski definition) is 2. The normalized spacial score (nSPS) is 10.2. The second kappa shape index (κ2) is 9.37. The lowest BCUT2D eigenvalue weighted by Crippen LogP contribution is -2.13. The van der Waals surface area contributed by atoms with Gasteiger partial charge >= 0.3 is 0 Å². The van der Waals surface area contributed by atoms with Gasteiger partial charge in [0.05, 0.1) is 6.61 Å². The Morgan fingerprint density at radius 1 is 0.654 bits per heavy atom. The molecule has 0 atom stereocenters. The lowest BCUT2D eigenvalue weighted by Gasteiger charge is -2.11. The summed E-state index contributed by atoms with van der Waals surface area (Å²) in [6, 6.07) is 25.8. The van der Waals surface area contributed by atoms with E-state index in [0.717, 1.165) is 41.7 Å². The zero-order chi connectivity index (χ0) is 18.0. The Morgan fingerprint density at radius 2 is 1.31 bits per heavy atom. The van der Waals surface area contributed by atoms with Crippen LogP contribution in [0.15, 0.2) is 78.9 Å². The van der Waals surface area contributed by atoms with E-state index in [2.05, 4.69) is 10.6 Å². The lowest BCUT2D eigenvalue weighted by molar-refractivity contribution is 0.340. The van der Waals surface area contributed by atoms with E-state index in [1.54, 1.807) is 0 Å². The van der Waals surface area contributed by atoms with Gasteiger partial charge in [-0.1, -0.05) is 24.3 Å². The number of nitrogens with one attached hydrogen (secondary N) is 2. The fraction of sp³-hybridized carbons (Fsp3) is 0.182. The van der Waals surface area contributed by atoms with Gasteiger partial charge in [-0.15, -0.1) is 0 Å². The molecule has 0 aliphatic rings. The molecule has 0 saturated heterocycles. The molecule has 2 N–H and O–H groups in total. The van der Waals surface area contributed by atoms with Crippen LogP contribution in [0.3, 0.4) is 0 Å². The van der Waals surface area contributed by atoms with E-state index in [9.17, 15) is 0 Å². The molecule has 0 amide bonds. The van der Waals surface area contributed by atoms with Gasteiger partial charge < -0.3 is 20.1 Å². The van der Waals surface area contributed by atoms with Crippen molar-refractivity contribution in [3.63, 3.8) is 0 Å². The van der Waals surface area contributed by atoms with Crippen LogP contribution in [0.2, 0.25) is 0 Å². The highest BCUT2D eigenvalue weighted by atomic mass is 16.5. The van der Waals surface area contributed by atoms with Crippen LogP contribution >= 0.6 is 0 Å². The molecule has 3 aromatic carbocycles. The molecule has 0 fully saturated rings. The van der Waals surface area contributed by atoms with Gasteiger partial charge in [0.25, 0.3) is 0 Å². The van der Waals surface area contributed by atoms with Crippen LogP contribution in [0.5, 0.6) is 17.2 Å². The maximum absolute atomic E-state index is 5.80. The second-order valence-corrected chi connectivity index (χ2v) is 5.75. The predicted octanol–water partition coefficient (Wildman–Crippen LogP) is 5.40. The molecular formula is C22H24N2O2. The molecule has 0 aliphatic heterocycles. The highest BCUT2D eigenvalue weighted by molar-refractivity contribution is 5.49. The summed E-state index contributed by atoms with van der Waals surface area (Å²) in [6.07, 6.45) is 0. The lowest BCUT2D eigenvalue weighted by atomic mass is 10.3. The molecule has 0 aromatic heterocycles. The topological polar surface area (TPSA) is 42.5 Å². The minimum Gasteiger partial charge on any atom is -0.494 e. The van der Waals surface area contributed by atoms with Gasteiger partial charge in [-0.2, -0.15) is 0 Å². The molecule has 0 spiro atoms. The fourth-order valence-corrected chi connectivity index (χ4v) is 2.54.